The van der Waals surface area contributed by atoms with Crippen LogP contribution in [-0.2, 0) is 0 Å². The van der Waals surface area contributed by atoms with Crippen molar-refractivity contribution in [3.05, 3.63) is 35.4 Å². The molecule has 0 radical (unpaired) electrons. The predicted octanol–water partition coefficient (Wildman–Crippen LogP) is 1.33. The molecule has 14 heavy (non-hydrogen) atoms. The van der Waals surface area contributed by atoms with E-state index < -0.39 is 5.82 Å². The van der Waals surface area contributed by atoms with Gasteiger partial charge in [0, 0.05) is 24.2 Å². The summed E-state index contributed by atoms with van der Waals surface area (Å²) in [6.45, 7) is 0.653. The van der Waals surface area contributed by atoms with Gasteiger partial charge in [0.25, 0.3) is 0 Å². The van der Waals surface area contributed by atoms with Gasteiger partial charge < -0.3 is 11.1 Å². The fraction of sp³-hybridized carbons (Fsp3) is 0.400. The van der Waals surface area contributed by atoms with Crippen LogP contribution in [0.15, 0.2) is 18.2 Å². The molecule has 0 bridgehead atoms. The van der Waals surface area contributed by atoms with Gasteiger partial charge in [0.2, 0.25) is 0 Å². The van der Waals surface area contributed by atoms with Crippen molar-refractivity contribution in [2.24, 2.45) is 5.73 Å². The Balaban J connectivity index is 2.27. The quantitative estimate of drug-likeness (QED) is 0.714. The normalized spacial score (nSPS) is 26.8. The SMILES string of the molecule is NC1CNC(c2cc(F)ccc2F)C1. The highest BCUT2D eigenvalue weighted by Crippen LogP contribution is 2.25. The molecule has 0 saturated carbocycles. The van der Waals surface area contributed by atoms with Crippen LogP contribution in [0.2, 0.25) is 0 Å². The Morgan fingerprint density at radius 2 is 2.14 bits per heavy atom. The first kappa shape index (κ1) is 9.55. The number of nitrogens with two attached hydrogens (primary N) is 1. The maximum absolute atomic E-state index is 13.3. The zero-order chi connectivity index (χ0) is 10.1. The molecule has 1 aromatic rings. The minimum absolute atomic E-state index is 0.0302. The van der Waals surface area contributed by atoms with Gasteiger partial charge in [-0.2, -0.15) is 0 Å². The third-order valence-corrected chi connectivity index (χ3v) is 2.50. The van der Waals surface area contributed by atoms with Crippen molar-refractivity contribution in [3.8, 4) is 0 Å². The smallest absolute Gasteiger partial charge is 0.128 e. The van der Waals surface area contributed by atoms with E-state index in [1.165, 1.54) is 6.07 Å². The van der Waals surface area contributed by atoms with Gasteiger partial charge in [0.1, 0.15) is 11.6 Å². The summed E-state index contributed by atoms with van der Waals surface area (Å²) in [5.74, 6) is -0.790. The second-order valence-corrected chi connectivity index (χ2v) is 3.62. The van der Waals surface area contributed by atoms with Crippen LogP contribution in [0, 0.1) is 11.6 Å². The standard InChI is InChI=1S/C10H12F2N2/c11-6-1-2-9(12)8(3-6)10-4-7(13)5-14-10/h1-3,7,10,14H,4-5,13H2. The second kappa shape index (κ2) is 3.63. The Morgan fingerprint density at radius 3 is 2.79 bits per heavy atom. The molecule has 0 aliphatic carbocycles. The molecule has 0 amide bonds. The molecule has 1 aromatic carbocycles. The van der Waals surface area contributed by atoms with Crippen LogP contribution in [0.5, 0.6) is 0 Å². The summed E-state index contributed by atoms with van der Waals surface area (Å²) in [7, 11) is 0. The maximum Gasteiger partial charge on any atom is 0.128 e. The summed E-state index contributed by atoms with van der Waals surface area (Å²) in [6, 6.07) is 3.37. The van der Waals surface area contributed by atoms with Crippen molar-refractivity contribution in [1.82, 2.24) is 5.32 Å². The van der Waals surface area contributed by atoms with E-state index in [2.05, 4.69) is 5.32 Å². The average molecular weight is 198 g/mol. The van der Waals surface area contributed by atoms with Gasteiger partial charge in [-0.1, -0.05) is 0 Å². The van der Waals surface area contributed by atoms with E-state index >= 15 is 0 Å². The lowest BCUT2D eigenvalue weighted by Crippen LogP contribution is -2.22. The summed E-state index contributed by atoms with van der Waals surface area (Å²) in [5.41, 5.74) is 6.04. The molecule has 0 spiro atoms. The van der Waals surface area contributed by atoms with Gasteiger partial charge in [-0.05, 0) is 24.6 Å². The Labute approximate surface area is 81.1 Å². The summed E-state index contributed by atoms with van der Waals surface area (Å²) in [4.78, 5) is 0. The first-order valence-corrected chi connectivity index (χ1v) is 4.60. The van der Waals surface area contributed by atoms with Gasteiger partial charge in [-0.15, -0.1) is 0 Å². The molecule has 2 nitrogen and oxygen atoms in total. The molecule has 1 saturated heterocycles. The highest BCUT2D eigenvalue weighted by atomic mass is 19.1. The van der Waals surface area contributed by atoms with Crippen LogP contribution >= 0.6 is 0 Å². The molecule has 0 aromatic heterocycles. The lowest BCUT2D eigenvalue weighted by atomic mass is 10.0. The van der Waals surface area contributed by atoms with Gasteiger partial charge in [0.05, 0.1) is 0 Å². The van der Waals surface area contributed by atoms with Crippen LogP contribution in [0.3, 0.4) is 0 Å². The molecule has 3 N–H and O–H groups in total. The fourth-order valence-electron chi connectivity index (χ4n) is 1.78. The van der Waals surface area contributed by atoms with E-state index in [0.717, 1.165) is 12.1 Å². The van der Waals surface area contributed by atoms with E-state index in [0.29, 0.717) is 18.5 Å². The van der Waals surface area contributed by atoms with Gasteiger partial charge >= 0.3 is 0 Å². The number of halogens is 2. The molecular weight excluding hydrogens is 186 g/mol. The first-order chi connectivity index (χ1) is 6.66. The summed E-state index contributed by atoms with van der Waals surface area (Å²) in [6.07, 6.45) is 0.653. The van der Waals surface area contributed by atoms with Crippen molar-refractivity contribution in [2.75, 3.05) is 6.54 Å². The van der Waals surface area contributed by atoms with Crippen LogP contribution in [0.1, 0.15) is 18.0 Å². The van der Waals surface area contributed by atoms with Crippen LogP contribution < -0.4 is 11.1 Å². The van der Waals surface area contributed by atoms with Gasteiger partial charge in [-0.3, -0.25) is 0 Å². The van der Waals surface area contributed by atoms with Gasteiger partial charge in [0.15, 0.2) is 0 Å². The molecule has 1 aliphatic heterocycles. The Bertz CT molecular complexity index is 341. The lowest BCUT2D eigenvalue weighted by molar-refractivity contribution is 0.541. The molecule has 1 heterocycles. The highest BCUT2D eigenvalue weighted by molar-refractivity contribution is 5.23. The maximum atomic E-state index is 13.3. The number of benzene rings is 1. The Morgan fingerprint density at radius 1 is 1.36 bits per heavy atom. The predicted molar refractivity (Wildman–Crippen MR) is 49.7 cm³/mol. The highest BCUT2D eigenvalue weighted by Gasteiger charge is 2.24. The Hall–Kier alpha value is -1.00. The lowest BCUT2D eigenvalue weighted by Gasteiger charge is -2.11. The van der Waals surface area contributed by atoms with E-state index in [1.807, 2.05) is 0 Å². The first-order valence-electron chi connectivity index (χ1n) is 4.60. The van der Waals surface area contributed by atoms with Crippen molar-refractivity contribution < 1.29 is 8.78 Å². The topological polar surface area (TPSA) is 38.0 Å². The monoisotopic (exact) mass is 198 g/mol. The number of nitrogens with one attached hydrogen (secondary N) is 1. The molecule has 76 valence electrons. The molecule has 2 atom stereocenters. The largest absolute Gasteiger partial charge is 0.326 e. The minimum atomic E-state index is -0.413. The zero-order valence-electron chi connectivity index (χ0n) is 7.63. The molecule has 2 rings (SSSR count). The van der Waals surface area contributed by atoms with E-state index in [4.69, 9.17) is 5.73 Å². The van der Waals surface area contributed by atoms with Crippen molar-refractivity contribution in [1.29, 1.82) is 0 Å². The third kappa shape index (κ3) is 1.76. The molecule has 1 fully saturated rings. The van der Waals surface area contributed by atoms with E-state index in [-0.39, 0.29) is 17.9 Å². The molecular formula is C10H12F2N2. The van der Waals surface area contributed by atoms with Crippen molar-refractivity contribution in [3.63, 3.8) is 0 Å². The molecule has 1 aliphatic rings. The summed E-state index contributed by atoms with van der Waals surface area (Å²) >= 11 is 0. The van der Waals surface area contributed by atoms with Crippen LogP contribution in [0.25, 0.3) is 0 Å². The number of rotatable bonds is 1. The zero-order valence-corrected chi connectivity index (χ0v) is 7.63. The number of hydrogen-bond donors (Lipinski definition) is 2. The second-order valence-electron chi connectivity index (χ2n) is 3.62. The average Bonchev–Trinajstić information content (AvgIpc) is 2.56. The fourth-order valence-corrected chi connectivity index (χ4v) is 1.78. The van der Waals surface area contributed by atoms with Gasteiger partial charge in [-0.25, -0.2) is 8.78 Å². The van der Waals surface area contributed by atoms with E-state index in [1.54, 1.807) is 0 Å². The van der Waals surface area contributed by atoms with Crippen LogP contribution in [0.4, 0.5) is 8.78 Å². The van der Waals surface area contributed by atoms with E-state index in [9.17, 15) is 8.78 Å². The molecule has 2 unspecified atom stereocenters. The van der Waals surface area contributed by atoms with Crippen LogP contribution in [-0.4, -0.2) is 12.6 Å². The van der Waals surface area contributed by atoms with Crippen molar-refractivity contribution >= 4 is 0 Å². The third-order valence-electron chi connectivity index (χ3n) is 2.50. The number of hydrogen-bond acceptors (Lipinski definition) is 2. The minimum Gasteiger partial charge on any atom is -0.326 e. The summed E-state index contributed by atoms with van der Waals surface area (Å²) in [5, 5.41) is 3.06. The van der Waals surface area contributed by atoms with Crippen molar-refractivity contribution in [2.45, 2.75) is 18.5 Å². The molecule has 4 heteroatoms. The Kier molecular flexibility index (Phi) is 2.48. The summed E-state index contributed by atoms with van der Waals surface area (Å²) < 4.78 is 26.2.